The van der Waals surface area contributed by atoms with E-state index in [-0.39, 0.29) is 17.2 Å². The zero-order valence-electron chi connectivity index (χ0n) is 10.0. The Morgan fingerprint density at radius 2 is 1.78 bits per heavy atom. The predicted molar refractivity (Wildman–Crippen MR) is 62.7 cm³/mol. The van der Waals surface area contributed by atoms with Crippen molar-refractivity contribution in [1.82, 2.24) is 0 Å². The normalized spacial score (nSPS) is 10.3. The number of carbonyl (C=O) groups is 1. The van der Waals surface area contributed by atoms with Crippen molar-refractivity contribution >= 4 is 11.6 Å². The Balaban J connectivity index is 2.92. The Kier molecular flexibility index (Phi) is 4.75. The van der Waals surface area contributed by atoms with E-state index >= 15 is 0 Å². The van der Waals surface area contributed by atoms with E-state index < -0.39 is 18.6 Å². The summed E-state index contributed by atoms with van der Waals surface area (Å²) in [7, 11) is 2.72. The number of methoxy groups -OCH3 is 2. The molecule has 1 rings (SSSR count). The fraction of sp³-hybridized carbons (Fsp3) is 0.364. The minimum absolute atomic E-state index is 0.134. The molecule has 18 heavy (non-hydrogen) atoms. The van der Waals surface area contributed by atoms with Crippen LogP contribution in [0.2, 0.25) is 0 Å². The van der Waals surface area contributed by atoms with Gasteiger partial charge in [-0.05, 0) is 0 Å². The zero-order valence-corrected chi connectivity index (χ0v) is 10.0. The van der Waals surface area contributed by atoms with Crippen LogP contribution in [-0.2, 0) is 4.79 Å². The summed E-state index contributed by atoms with van der Waals surface area (Å²) in [5, 5.41) is 29.4. The first-order valence-electron chi connectivity index (χ1n) is 5.09. The van der Waals surface area contributed by atoms with Crippen LogP contribution in [0, 0.1) is 0 Å². The number of rotatable bonds is 5. The zero-order chi connectivity index (χ0) is 13.7. The molecule has 0 unspecified atom stereocenters. The molecule has 0 spiro atoms. The topological polar surface area (TPSA) is 108 Å². The van der Waals surface area contributed by atoms with Crippen LogP contribution in [0.4, 0.5) is 5.69 Å². The minimum Gasteiger partial charge on any atom is -0.502 e. The third-order valence-corrected chi connectivity index (χ3v) is 2.13. The van der Waals surface area contributed by atoms with E-state index in [0.29, 0.717) is 5.69 Å². The molecular formula is C11H15NO6. The molecular weight excluding hydrogens is 242 g/mol. The number of hydrogen-bond donors (Lipinski definition) is 4. The van der Waals surface area contributed by atoms with Gasteiger partial charge in [-0.2, -0.15) is 0 Å². The number of carbonyl (C=O) groups excluding carboxylic acids is 1. The van der Waals surface area contributed by atoms with Gasteiger partial charge in [0.1, 0.15) is 0 Å². The van der Waals surface area contributed by atoms with Gasteiger partial charge in [-0.15, -0.1) is 0 Å². The largest absolute Gasteiger partial charge is 0.502 e. The Hall–Kier alpha value is -1.99. The molecule has 7 nitrogen and oxygen atoms in total. The lowest BCUT2D eigenvalue weighted by atomic mass is 10.2. The molecule has 100 valence electrons. The van der Waals surface area contributed by atoms with E-state index in [9.17, 15) is 9.90 Å². The number of anilines is 1. The van der Waals surface area contributed by atoms with Crippen molar-refractivity contribution in [2.75, 3.05) is 19.5 Å². The number of ether oxygens (including phenoxy) is 2. The second-order valence-corrected chi connectivity index (χ2v) is 3.46. The number of nitrogens with one attached hydrogen (secondary N) is 1. The third kappa shape index (κ3) is 3.51. The molecule has 0 saturated heterocycles. The van der Waals surface area contributed by atoms with Crippen LogP contribution in [0.1, 0.15) is 6.42 Å². The first-order chi connectivity index (χ1) is 8.47. The van der Waals surface area contributed by atoms with Crippen molar-refractivity contribution in [1.29, 1.82) is 0 Å². The number of amides is 1. The lowest BCUT2D eigenvalue weighted by Gasteiger charge is -2.12. The average molecular weight is 257 g/mol. The molecule has 0 atom stereocenters. The van der Waals surface area contributed by atoms with Crippen LogP contribution >= 0.6 is 0 Å². The van der Waals surface area contributed by atoms with Gasteiger partial charge in [0.2, 0.25) is 11.7 Å². The van der Waals surface area contributed by atoms with Crippen LogP contribution in [0.3, 0.4) is 0 Å². The molecule has 0 aliphatic heterocycles. The molecule has 0 aromatic heterocycles. The van der Waals surface area contributed by atoms with Gasteiger partial charge in [0.05, 0.1) is 20.6 Å². The molecule has 1 aromatic carbocycles. The molecule has 1 amide bonds. The van der Waals surface area contributed by atoms with E-state index in [1.54, 1.807) is 0 Å². The third-order valence-electron chi connectivity index (χ3n) is 2.13. The maximum atomic E-state index is 11.3. The maximum Gasteiger partial charge on any atom is 0.229 e. The molecule has 4 N–H and O–H groups in total. The standard InChI is InChI=1S/C11H15NO6/c1-17-7-3-6(4-8(18-2)11(7)16)12-9(13)5-10(14)15/h3-4,10,14-16H,5H2,1-2H3,(H,12,13). The summed E-state index contributed by atoms with van der Waals surface area (Å²) in [4.78, 5) is 11.3. The Labute approximate surface area is 104 Å². The fourth-order valence-electron chi connectivity index (χ4n) is 1.34. The molecule has 0 aliphatic carbocycles. The number of aliphatic hydroxyl groups is 2. The van der Waals surface area contributed by atoms with Gasteiger partial charge in [0.15, 0.2) is 17.8 Å². The minimum atomic E-state index is -1.72. The molecule has 0 aliphatic rings. The number of aliphatic hydroxyl groups excluding tert-OH is 1. The quantitative estimate of drug-likeness (QED) is 0.438. The maximum absolute atomic E-state index is 11.3. The Morgan fingerprint density at radius 3 is 2.17 bits per heavy atom. The number of phenolic OH excluding ortho intramolecular Hbond substituents is 1. The van der Waals surface area contributed by atoms with Crippen molar-refractivity contribution in [2.45, 2.75) is 12.7 Å². The first kappa shape index (κ1) is 14.1. The number of benzene rings is 1. The van der Waals surface area contributed by atoms with Crippen molar-refractivity contribution in [3.8, 4) is 17.2 Å². The van der Waals surface area contributed by atoms with Gasteiger partial charge in [0, 0.05) is 17.8 Å². The molecule has 0 fully saturated rings. The van der Waals surface area contributed by atoms with Crippen molar-refractivity contribution in [3.63, 3.8) is 0 Å². The fourth-order valence-corrected chi connectivity index (χ4v) is 1.34. The van der Waals surface area contributed by atoms with E-state index in [1.807, 2.05) is 0 Å². The molecule has 0 bridgehead atoms. The van der Waals surface area contributed by atoms with Crippen molar-refractivity contribution in [3.05, 3.63) is 12.1 Å². The van der Waals surface area contributed by atoms with E-state index in [4.69, 9.17) is 19.7 Å². The van der Waals surface area contributed by atoms with E-state index in [0.717, 1.165) is 0 Å². The molecule has 7 heteroatoms. The lowest BCUT2D eigenvalue weighted by Crippen LogP contribution is -2.19. The molecule has 0 radical (unpaired) electrons. The smallest absolute Gasteiger partial charge is 0.229 e. The SMILES string of the molecule is COc1cc(NC(=O)CC(O)O)cc(OC)c1O. The first-order valence-corrected chi connectivity index (χ1v) is 5.09. The highest BCUT2D eigenvalue weighted by molar-refractivity contribution is 5.91. The van der Waals surface area contributed by atoms with Crippen molar-refractivity contribution in [2.24, 2.45) is 0 Å². The van der Waals surface area contributed by atoms with Crippen LogP contribution in [-0.4, -0.2) is 41.7 Å². The summed E-state index contributed by atoms with van der Waals surface area (Å²) in [6, 6.07) is 2.78. The number of aromatic hydroxyl groups is 1. The Bertz CT molecular complexity index is 407. The average Bonchev–Trinajstić information content (AvgIpc) is 2.29. The highest BCUT2D eigenvalue weighted by Gasteiger charge is 2.13. The van der Waals surface area contributed by atoms with E-state index in [1.165, 1.54) is 26.4 Å². The summed E-state index contributed by atoms with van der Waals surface area (Å²) in [5.74, 6) is -0.497. The molecule has 0 saturated carbocycles. The monoisotopic (exact) mass is 257 g/mol. The van der Waals surface area contributed by atoms with Gasteiger partial charge < -0.3 is 30.1 Å². The second-order valence-electron chi connectivity index (χ2n) is 3.46. The lowest BCUT2D eigenvalue weighted by molar-refractivity contribution is -0.124. The number of phenols is 1. The highest BCUT2D eigenvalue weighted by Crippen LogP contribution is 2.38. The van der Waals surface area contributed by atoms with Gasteiger partial charge in [-0.1, -0.05) is 0 Å². The van der Waals surface area contributed by atoms with Gasteiger partial charge in [-0.3, -0.25) is 4.79 Å². The Morgan fingerprint density at radius 1 is 1.28 bits per heavy atom. The van der Waals surface area contributed by atoms with Gasteiger partial charge in [0.25, 0.3) is 0 Å². The van der Waals surface area contributed by atoms with E-state index in [2.05, 4.69) is 5.32 Å². The summed E-state index contributed by atoms with van der Waals surface area (Å²) < 4.78 is 9.82. The van der Waals surface area contributed by atoms with Crippen molar-refractivity contribution < 1.29 is 29.6 Å². The molecule has 1 aromatic rings. The van der Waals surface area contributed by atoms with Gasteiger partial charge in [-0.25, -0.2) is 0 Å². The van der Waals surface area contributed by atoms with Crippen LogP contribution < -0.4 is 14.8 Å². The highest BCUT2D eigenvalue weighted by atomic mass is 16.5. The summed E-state index contributed by atoms with van der Waals surface area (Å²) >= 11 is 0. The summed E-state index contributed by atoms with van der Waals surface area (Å²) in [6.07, 6.45) is -2.17. The van der Waals surface area contributed by atoms with Crippen LogP contribution in [0.5, 0.6) is 17.2 Å². The number of hydrogen-bond acceptors (Lipinski definition) is 6. The summed E-state index contributed by atoms with van der Waals surface area (Å²) in [6.45, 7) is 0. The summed E-state index contributed by atoms with van der Waals surface area (Å²) in [5.41, 5.74) is 0.312. The van der Waals surface area contributed by atoms with Gasteiger partial charge >= 0.3 is 0 Å². The van der Waals surface area contributed by atoms with Crippen LogP contribution in [0.25, 0.3) is 0 Å². The predicted octanol–water partition coefficient (Wildman–Crippen LogP) is 0.0487. The van der Waals surface area contributed by atoms with Crippen LogP contribution in [0.15, 0.2) is 12.1 Å². The molecule has 0 heterocycles. The second kappa shape index (κ2) is 6.08.